The molecule has 0 aromatic heterocycles. The lowest BCUT2D eigenvalue weighted by Crippen LogP contribution is -1.90. The van der Waals surface area contributed by atoms with Gasteiger partial charge >= 0.3 is 10.5 Å². The molecule has 6 heteroatoms. The van der Waals surface area contributed by atoms with E-state index in [2.05, 4.69) is 37.3 Å². The van der Waals surface area contributed by atoms with Gasteiger partial charge in [0.05, 0.1) is 20.3 Å². The lowest BCUT2D eigenvalue weighted by Gasteiger charge is -2.08. The van der Waals surface area contributed by atoms with E-state index in [0.717, 1.165) is 16.9 Å². The molecule has 0 spiro atoms. The van der Waals surface area contributed by atoms with Crippen molar-refractivity contribution in [3.8, 4) is 5.75 Å². The summed E-state index contributed by atoms with van der Waals surface area (Å²) >= 11 is 0. The van der Waals surface area contributed by atoms with Crippen LogP contribution >= 0.6 is 0 Å². The first-order valence-electron chi connectivity index (χ1n) is 7.44. The smallest absolute Gasteiger partial charge is 0.311 e. The van der Waals surface area contributed by atoms with Crippen LogP contribution in [0.1, 0.15) is 27.8 Å². The van der Waals surface area contributed by atoms with Crippen LogP contribution in [0.4, 0.5) is 0 Å². The third-order valence-electron chi connectivity index (χ3n) is 3.54. The Morgan fingerprint density at radius 2 is 1.62 bits per heavy atom. The second-order valence-corrected chi connectivity index (χ2v) is 6.08. The summed E-state index contributed by atoms with van der Waals surface area (Å²) in [4.78, 5) is 0. The highest BCUT2D eigenvalue weighted by atomic mass is 32.2. The SMILES string of the molecule is COc1cc(C)cc(C)c1C.O=S(=O)=NCc1ccc(CO)cc1. The molecule has 0 fully saturated rings. The first kappa shape index (κ1) is 19.9. The van der Waals surface area contributed by atoms with Gasteiger partial charge in [0.25, 0.3) is 0 Å². The zero-order valence-corrected chi connectivity index (χ0v) is 15.2. The van der Waals surface area contributed by atoms with Gasteiger partial charge in [-0.05, 0) is 54.7 Å². The van der Waals surface area contributed by atoms with E-state index in [1.54, 1.807) is 31.4 Å². The monoisotopic (exact) mass is 349 g/mol. The summed E-state index contributed by atoms with van der Waals surface area (Å²) in [5.41, 5.74) is 5.39. The molecule has 0 aliphatic heterocycles. The predicted molar refractivity (Wildman–Crippen MR) is 94.6 cm³/mol. The van der Waals surface area contributed by atoms with Crippen molar-refractivity contribution in [1.29, 1.82) is 0 Å². The van der Waals surface area contributed by atoms with Gasteiger partial charge in [-0.2, -0.15) is 12.8 Å². The van der Waals surface area contributed by atoms with Crippen LogP contribution in [0.5, 0.6) is 5.75 Å². The largest absolute Gasteiger partial charge is 0.496 e. The van der Waals surface area contributed by atoms with Crippen LogP contribution in [0.3, 0.4) is 0 Å². The fourth-order valence-electron chi connectivity index (χ4n) is 2.09. The molecule has 0 saturated carbocycles. The van der Waals surface area contributed by atoms with Crippen LogP contribution in [0.25, 0.3) is 0 Å². The standard InChI is InChI=1S/C10H14O.C8H9NO3S/c1-7-5-8(2)9(3)10(6-7)11-4;10-6-8-3-1-7(2-4-8)5-9-13(11)12/h5-6H,1-4H3;1-4,10H,5-6H2. The minimum Gasteiger partial charge on any atom is -0.496 e. The molecule has 0 radical (unpaired) electrons. The second kappa shape index (κ2) is 9.85. The molecule has 2 aromatic rings. The summed E-state index contributed by atoms with van der Waals surface area (Å²) in [6, 6.07) is 11.2. The summed E-state index contributed by atoms with van der Waals surface area (Å²) in [6.45, 7) is 6.40. The first-order valence-corrected chi connectivity index (χ1v) is 8.48. The molecule has 130 valence electrons. The van der Waals surface area contributed by atoms with Gasteiger partial charge in [0, 0.05) is 0 Å². The summed E-state index contributed by atoms with van der Waals surface area (Å²) in [6.07, 6.45) is 0. The number of nitrogens with zero attached hydrogens (tertiary/aromatic N) is 1. The molecule has 5 nitrogen and oxygen atoms in total. The number of rotatable bonds is 4. The van der Waals surface area contributed by atoms with E-state index >= 15 is 0 Å². The Balaban J connectivity index is 0.000000243. The molecule has 0 amide bonds. The maximum absolute atomic E-state index is 10.1. The summed E-state index contributed by atoms with van der Waals surface area (Å²) in [5.74, 6) is 0.988. The van der Waals surface area contributed by atoms with Crippen molar-refractivity contribution < 1.29 is 18.3 Å². The lowest BCUT2D eigenvalue weighted by molar-refractivity contribution is 0.282. The zero-order chi connectivity index (χ0) is 18.1. The third kappa shape index (κ3) is 6.52. The average Bonchev–Trinajstić information content (AvgIpc) is 2.57. The van der Waals surface area contributed by atoms with Gasteiger partial charge in [-0.15, -0.1) is 0 Å². The Bertz CT molecular complexity index is 789. The molecule has 0 atom stereocenters. The molecule has 2 rings (SSSR count). The highest BCUT2D eigenvalue weighted by Gasteiger charge is 2.00. The number of methoxy groups -OCH3 is 1. The van der Waals surface area contributed by atoms with Gasteiger partial charge in [0.2, 0.25) is 0 Å². The normalized spacial score (nSPS) is 9.71. The van der Waals surface area contributed by atoms with Crippen LogP contribution in [0, 0.1) is 20.8 Å². The van der Waals surface area contributed by atoms with E-state index in [4.69, 9.17) is 9.84 Å². The predicted octanol–water partition coefficient (Wildman–Crippen LogP) is 3.36. The fraction of sp³-hybridized carbons (Fsp3) is 0.333. The molecule has 0 saturated heterocycles. The number of benzene rings is 2. The number of hydrogen-bond donors (Lipinski definition) is 1. The van der Waals surface area contributed by atoms with Crippen LogP contribution in [0.15, 0.2) is 40.8 Å². The molecular weight excluding hydrogens is 326 g/mol. The fourth-order valence-corrected chi connectivity index (χ4v) is 2.34. The number of aryl methyl sites for hydroxylation is 2. The van der Waals surface area contributed by atoms with E-state index in [1.807, 2.05) is 0 Å². The van der Waals surface area contributed by atoms with E-state index in [1.165, 1.54) is 16.7 Å². The van der Waals surface area contributed by atoms with Crippen molar-refractivity contribution in [1.82, 2.24) is 0 Å². The van der Waals surface area contributed by atoms with E-state index in [-0.39, 0.29) is 13.2 Å². The number of aliphatic hydroxyl groups is 1. The molecule has 2 aromatic carbocycles. The van der Waals surface area contributed by atoms with Crippen molar-refractivity contribution in [2.24, 2.45) is 4.36 Å². The zero-order valence-electron chi connectivity index (χ0n) is 14.4. The Labute approximate surface area is 144 Å². The Morgan fingerprint density at radius 1 is 1.04 bits per heavy atom. The van der Waals surface area contributed by atoms with Gasteiger partial charge < -0.3 is 9.84 Å². The lowest BCUT2D eigenvalue weighted by atomic mass is 10.1. The quantitative estimate of drug-likeness (QED) is 0.918. The van der Waals surface area contributed by atoms with Crippen LogP contribution in [-0.2, 0) is 23.7 Å². The molecule has 0 unspecified atom stereocenters. The minimum absolute atomic E-state index is 0.00902. The summed E-state index contributed by atoms with van der Waals surface area (Å²) in [7, 11) is -0.638. The van der Waals surface area contributed by atoms with E-state index < -0.39 is 10.5 Å². The third-order valence-corrected chi connectivity index (χ3v) is 3.88. The van der Waals surface area contributed by atoms with Crippen molar-refractivity contribution in [2.75, 3.05) is 7.11 Å². The average molecular weight is 349 g/mol. The number of aliphatic hydroxyl groups excluding tert-OH is 1. The van der Waals surface area contributed by atoms with Crippen molar-refractivity contribution in [3.63, 3.8) is 0 Å². The Morgan fingerprint density at radius 3 is 2.12 bits per heavy atom. The molecule has 0 aliphatic carbocycles. The van der Waals surface area contributed by atoms with Crippen molar-refractivity contribution in [3.05, 3.63) is 64.2 Å². The molecular formula is C18H23NO4S. The van der Waals surface area contributed by atoms with Gasteiger partial charge in [0.1, 0.15) is 5.75 Å². The van der Waals surface area contributed by atoms with Gasteiger partial charge in [-0.3, -0.25) is 0 Å². The molecule has 1 N–H and O–H groups in total. The maximum Gasteiger partial charge on any atom is 0.311 e. The van der Waals surface area contributed by atoms with E-state index in [9.17, 15) is 8.42 Å². The Hall–Kier alpha value is -2.18. The second-order valence-electron chi connectivity index (χ2n) is 5.39. The summed E-state index contributed by atoms with van der Waals surface area (Å²) < 4.78 is 28.7. The maximum atomic E-state index is 10.1. The molecule has 0 heterocycles. The minimum atomic E-state index is -2.35. The molecule has 0 aliphatic rings. The topological polar surface area (TPSA) is 76.0 Å². The van der Waals surface area contributed by atoms with Crippen LogP contribution in [-0.4, -0.2) is 20.6 Å². The number of hydrogen-bond acceptors (Lipinski definition) is 5. The highest BCUT2D eigenvalue weighted by Crippen LogP contribution is 2.22. The van der Waals surface area contributed by atoms with Crippen LogP contribution in [0.2, 0.25) is 0 Å². The van der Waals surface area contributed by atoms with Gasteiger partial charge in [-0.25, -0.2) is 0 Å². The number of ether oxygens (including phenoxy) is 1. The highest BCUT2D eigenvalue weighted by molar-refractivity contribution is 7.61. The first-order chi connectivity index (χ1) is 11.4. The van der Waals surface area contributed by atoms with E-state index in [0.29, 0.717) is 0 Å². The van der Waals surface area contributed by atoms with Crippen LogP contribution < -0.4 is 4.74 Å². The summed E-state index contributed by atoms with van der Waals surface area (Å²) in [5, 5.41) is 8.72. The Kier molecular flexibility index (Phi) is 8.15. The molecule has 0 bridgehead atoms. The van der Waals surface area contributed by atoms with Crippen molar-refractivity contribution in [2.45, 2.75) is 33.9 Å². The van der Waals surface area contributed by atoms with Gasteiger partial charge in [0.15, 0.2) is 0 Å². The van der Waals surface area contributed by atoms with Gasteiger partial charge in [-0.1, -0.05) is 30.3 Å². The van der Waals surface area contributed by atoms with Crippen molar-refractivity contribution >= 4 is 10.5 Å². The molecule has 24 heavy (non-hydrogen) atoms.